The van der Waals surface area contributed by atoms with Crippen molar-refractivity contribution in [1.82, 2.24) is 0 Å². The molecule has 0 unspecified atom stereocenters. The number of carbonyl (C=O) groups is 1. The van der Waals surface area contributed by atoms with E-state index < -0.39 is 31.1 Å². The molecule has 0 spiro atoms. The quantitative estimate of drug-likeness (QED) is 0.453. The lowest BCUT2D eigenvalue weighted by Gasteiger charge is -2.18. The molecule has 0 aliphatic rings. The summed E-state index contributed by atoms with van der Waals surface area (Å²) in [7, 11) is 0. The minimum atomic E-state index is -5.55. The van der Waals surface area contributed by atoms with Gasteiger partial charge in [-0.15, -0.1) is 0 Å². The van der Waals surface area contributed by atoms with Crippen molar-refractivity contribution in [2.75, 3.05) is 6.61 Å². The van der Waals surface area contributed by atoms with E-state index in [0.717, 1.165) is 0 Å². The van der Waals surface area contributed by atoms with Crippen LogP contribution in [0.5, 0.6) is 0 Å². The molecule has 0 aromatic rings. The zero-order valence-corrected chi connectivity index (χ0v) is 7.48. The van der Waals surface area contributed by atoms with E-state index in [1.54, 1.807) is 0 Å². The van der Waals surface area contributed by atoms with Crippen LogP contribution in [0.4, 0.5) is 26.7 Å². The fourth-order valence-electron chi connectivity index (χ4n) is 0.750. The highest BCUT2D eigenvalue weighted by Gasteiger charge is 2.56. The normalized spacial score (nSPS) is 12.6. The molecule has 0 aliphatic heterocycles. The summed E-state index contributed by atoms with van der Waals surface area (Å²) >= 11 is 0. The van der Waals surface area contributed by atoms with Gasteiger partial charge < -0.3 is 9.84 Å². The molecule has 90 valence electrons. The fraction of sp³-hybridized carbons (Fsp3) is 0.857. The van der Waals surface area contributed by atoms with Crippen LogP contribution in [0.3, 0.4) is 0 Å². The van der Waals surface area contributed by atoms with E-state index in [2.05, 4.69) is 4.74 Å². The number of rotatable bonds is 5. The number of halogens is 5. The molecular formula is C7H9F5O3. The Bertz CT molecular complexity index is 213. The minimum Gasteiger partial charge on any atom is -0.450 e. The summed E-state index contributed by atoms with van der Waals surface area (Å²) in [6.45, 7) is -0.386. The van der Waals surface area contributed by atoms with Crippen molar-refractivity contribution in [3.05, 3.63) is 0 Å². The summed E-state index contributed by atoms with van der Waals surface area (Å²) in [5, 5.41) is 7.95. The Labute approximate surface area is 81.8 Å². The highest BCUT2D eigenvalue weighted by atomic mass is 19.4. The first-order valence-corrected chi connectivity index (χ1v) is 3.97. The van der Waals surface area contributed by atoms with Crippen molar-refractivity contribution >= 4 is 6.16 Å². The van der Waals surface area contributed by atoms with Gasteiger partial charge in [-0.05, 0) is 12.8 Å². The van der Waals surface area contributed by atoms with Gasteiger partial charge in [0, 0.05) is 6.42 Å². The topological polar surface area (TPSA) is 46.5 Å². The molecule has 8 heteroatoms. The van der Waals surface area contributed by atoms with Crippen LogP contribution >= 0.6 is 0 Å². The van der Waals surface area contributed by atoms with Crippen molar-refractivity contribution in [3.8, 4) is 0 Å². The van der Waals surface area contributed by atoms with E-state index in [1.807, 2.05) is 0 Å². The summed E-state index contributed by atoms with van der Waals surface area (Å²) in [6, 6.07) is 0. The van der Waals surface area contributed by atoms with E-state index in [4.69, 9.17) is 5.11 Å². The number of hydrogen-bond acceptors (Lipinski definition) is 2. The molecule has 0 aromatic carbocycles. The van der Waals surface area contributed by atoms with Crippen LogP contribution < -0.4 is 0 Å². The Morgan fingerprint density at radius 2 is 1.67 bits per heavy atom. The van der Waals surface area contributed by atoms with Gasteiger partial charge in [0.25, 0.3) is 0 Å². The Morgan fingerprint density at radius 3 is 2.07 bits per heavy atom. The van der Waals surface area contributed by atoms with E-state index >= 15 is 0 Å². The van der Waals surface area contributed by atoms with Gasteiger partial charge in [0.2, 0.25) is 0 Å². The average Bonchev–Trinajstić information content (AvgIpc) is 2.00. The molecule has 0 aliphatic carbocycles. The number of carboxylic acid groups (broad SMARTS) is 1. The zero-order valence-electron chi connectivity index (χ0n) is 7.48. The third-order valence-corrected chi connectivity index (χ3v) is 1.53. The maximum absolute atomic E-state index is 12.2. The summed E-state index contributed by atoms with van der Waals surface area (Å²) in [4.78, 5) is 9.77. The maximum Gasteiger partial charge on any atom is 0.505 e. The molecule has 3 nitrogen and oxygen atoms in total. The molecule has 15 heavy (non-hydrogen) atoms. The Morgan fingerprint density at radius 1 is 1.13 bits per heavy atom. The average molecular weight is 236 g/mol. The number of ether oxygens (including phenoxy) is 1. The van der Waals surface area contributed by atoms with E-state index in [0.29, 0.717) is 0 Å². The molecule has 0 atom stereocenters. The van der Waals surface area contributed by atoms with Crippen molar-refractivity contribution in [2.45, 2.75) is 31.4 Å². The van der Waals surface area contributed by atoms with Crippen LogP contribution in [-0.2, 0) is 4.74 Å². The summed E-state index contributed by atoms with van der Waals surface area (Å²) < 4.78 is 63.2. The lowest BCUT2D eigenvalue weighted by Crippen LogP contribution is -2.36. The van der Waals surface area contributed by atoms with Gasteiger partial charge >= 0.3 is 18.3 Å². The van der Waals surface area contributed by atoms with Gasteiger partial charge in [0.05, 0.1) is 6.61 Å². The smallest absolute Gasteiger partial charge is 0.450 e. The van der Waals surface area contributed by atoms with Crippen LogP contribution in [0.2, 0.25) is 0 Å². The van der Waals surface area contributed by atoms with Crippen LogP contribution in [0.1, 0.15) is 19.3 Å². The maximum atomic E-state index is 12.2. The van der Waals surface area contributed by atoms with Gasteiger partial charge in [-0.25, -0.2) is 4.79 Å². The zero-order chi connectivity index (χ0) is 12.1. The second kappa shape index (κ2) is 5.13. The second-order valence-electron chi connectivity index (χ2n) is 2.77. The van der Waals surface area contributed by atoms with Crippen molar-refractivity contribution < 1.29 is 36.6 Å². The van der Waals surface area contributed by atoms with E-state index in [1.165, 1.54) is 0 Å². The van der Waals surface area contributed by atoms with Gasteiger partial charge in [0.1, 0.15) is 0 Å². The first-order chi connectivity index (χ1) is 6.67. The van der Waals surface area contributed by atoms with Gasteiger partial charge in [-0.1, -0.05) is 0 Å². The summed E-state index contributed by atoms with van der Waals surface area (Å²) in [5.74, 6) is -4.73. The van der Waals surface area contributed by atoms with Crippen LogP contribution in [0.15, 0.2) is 0 Å². The van der Waals surface area contributed by atoms with E-state index in [-0.39, 0.29) is 13.0 Å². The van der Waals surface area contributed by atoms with Crippen molar-refractivity contribution in [1.29, 1.82) is 0 Å². The van der Waals surface area contributed by atoms with Gasteiger partial charge in [-0.3, -0.25) is 0 Å². The van der Waals surface area contributed by atoms with Crippen LogP contribution in [-0.4, -0.2) is 30.0 Å². The summed E-state index contributed by atoms with van der Waals surface area (Å²) in [6.07, 6.45) is -9.13. The fourth-order valence-corrected chi connectivity index (χ4v) is 0.750. The number of hydrogen-bond donors (Lipinski definition) is 1. The minimum absolute atomic E-state index is 0.169. The van der Waals surface area contributed by atoms with Crippen LogP contribution in [0, 0.1) is 0 Å². The molecule has 0 radical (unpaired) electrons. The summed E-state index contributed by atoms with van der Waals surface area (Å²) in [5.41, 5.74) is 0. The molecule has 0 saturated heterocycles. The number of unbranched alkanes of at least 4 members (excludes halogenated alkanes) is 1. The molecule has 0 saturated carbocycles. The highest BCUT2D eigenvalue weighted by molar-refractivity contribution is 5.56. The molecule has 0 aromatic heterocycles. The SMILES string of the molecule is O=C(O)OCCCCC(F)(F)C(F)(F)F. The van der Waals surface area contributed by atoms with Gasteiger partial charge in [0.15, 0.2) is 0 Å². The second-order valence-corrected chi connectivity index (χ2v) is 2.77. The molecule has 0 amide bonds. The van der Waals surface area contributed by atoms with Gasteiger partial charge in [-0.2, -0.15) is 22.0 Å². The standard InChI is InChI=1S/C7H9F5O3/c8-6(9,7(10,11)12)3-1-2-4-15-5(13)14/h1-4H2,(H,13,14). The Balaban J connectivity index is 3.72. The Kier molecular flexibility index (Phi) is 4.76. The molecule has 1 N–H and O–H groups in total. The predicted octanol–water partition coefficient (Wildman–Crippen LogP) is 3.05. The number of alkyl halides is 5. The lowest BCUT2D eigenvalue weighted by molar-refractivity contribution is -0.284. The molecular weight excluding hydrogens is 227 g/mol. The predicted molar refractivity (Wildman–Crippen MR) is 38.8 cm³/mol. The first kappa shape index (κ1) is 13.9. The first-order valence-electron chi connectivity index (χ1n) is 3.97. The molecule has 0 fully saturated rings. The monoisotopic (exact) mass is 236 g/mol. The largest absolute Gasteiger partial charge is 0.505 e. The van der Waals surface area contributed by atoms with Crippen LogP contribution in [0.25, 0.3) is 0 Å². The van der Waals surface area contributed by atoms with Crippen molar-refractivity contribution in [2.24, 2.45) is 0 Å². The lowest BCUT2D eigenvalue weighted by atomic mass is 10.1. The Hall–Kier alpha value is -1.08. The molecule has 0 rings (SSSR count). The third-order valence-electron chi connectivity index (χ3n) is 1.53. The molecule has 0 bridgehead atoms. The molecule has 0 heterocycles. The van der Waals surface area contributed by atoms with E-state index in [9.17, 15) is 26.7 Å². The highest BCUT2D eigenvalue weighted by Crippen LogP contribution is 2.38. The third kappa shape index (κ3) is 5.38. The van der Waals surface area contributed by atoms with Crippen molar-refractivity contribution in [3.63, 3.8) is 0 Å².